The molecule has 4 nitrogen and oxygen atoms in total. The van der Waals surface area contributed by atoms with Crippen LogP contribution in [0.15, 0.2) is 24.3 Å². The number of anilines is 1. The molecule has 0 bridgehead atoms. The highest BCUT2D eigenvalue weighted by Gasteiger charge is 2.35. The van der Waals surface area contributed by atoms with Gasteiger partial charge in [0.1, 0.15) is 6.54 Å². The van der Waals surface area contributed by atoms with Crippen molar-refractivity contribution >= 4 is 17.5 Å². The Hall–Kier alpha value is -2.05. The number of nitrogens with zero attached hydrogens (tertiary/aromatic N) is 1. The monoisotopic (exact) mass is 356 g/mol. The van der Waals surface area contributed by atoms with Crippen LogP contribution in [0.1, 0.15) is 51.0 Å². The molecule has 1 saturated carbocycles. The lowest BCUT2D eigenvalue weighted by Gasteiger charge is -2.25. The Morgan fingerprint density at radius 1 is 1.12 bits per heavy atom. The average molecular weight is 356 g/mol. The number of carbonyl (C=O) groups excluding carboxylic acids is 2. The van der Waals surface area contributed by atoms with Gasteiger partial charge in [-0.15, -0.1) is 0 Å². The van der Waals surface area contributed by atoms with Crippen molar-refractivity contribution in [1.29, 1.82) is 0 Å². The second-order valence-electron chi connectivity index (χ2n) is 6.38. The zero-order valence-electron chi connectivity index (χ0n) is 14.2. The first-order valence-corrected chi connectivity index (χ1v) is 8.52. The van der Waals surface area contributed by atoms with Gasteiger partial charge in [-0.1, -0.05) is 37.8 Å². The van der Waals surface area contributed by atoms with Crippen LogP contribution < -0.4 is 10.2 Å². The molecule has 138 valence electrons. The van der Waals surface area contributed by atoms with Gasteiger partial charge in [-0.25, -0.2) is 0 Å². The quantitative estimate of drug-likeness (QED) is 0.832. The van der Waals surface area contributed by atoms with E-state index >= 15 is 0 Å². The summed E-state index contributed by atoms with van der Waals surface area (Å²) >= 11 is 0. The number of rotatable bonds is 4. The number of para-hydroxylation sites is 1. The van der Waals surface area contributed by atoms with Gasteiger partial charge in [0.2, 0.25) is 11.8 Å². The number of hydrogen-bond donors (Lipinski definition) is 1. The Kier molecular flexibility index (Phi) is 6.45. The predicted octanol–water partition coefficient (Wildman–Crippen LogP) is 3.90. The molecule has 0 heterocycles. The minimum Gasteiger partial charge on any atom is -0.352 e. The maximum absolute atomic E-state index is 13.2. The van der Waals surface area contributed by atoms with E-state index in [1.54, 1.807) is 0 Å². The number of benzene rings is 1. The third kappa shape index (κ3) is 5.47. The fourth-order valence-corrected chi connectivity index (χ4v) is 3.16. The molecule has 0 atom stereocenters. The molecule has 1 N–H and O–H groups in total. The summed E-state index contributed by atoms with van der Waals surface area (Å²) in [6.07, 6.45) is 1.45. The summed E-state index contributed by atoms with van der Waals surface area (Å²) in [4.78, 5) is 25.1. The first kappa shape index (κ1) is 19.3. The minimum atomic E-state index is -4.60. The summed E-state index contributed by atoms with van der Waals surface area (Å²) in [5.41, 5.74) is -1.22. The van der Waals surface area contributed by atoms with Crippen LogP contribution >= 0.6 is 0 Å². The number of halogens is 3. The third-order valence-electron chi connectivity index (χ3n) is 4.40. The van der Waals surface area contributed by atoms with Crippen molar-refractivity contribution in [1.82, 2.24) is 5.32 Å². The van der Waals surface area contributed by atoms with Crippen molar-refractivity contribution in [2.45, 2.75) is 57.7 Å². The lowest BCUT2D eigenvalue weighted by Crippen LogP contribution is -2.44. The summed E-state index contributed by atoms with van der Waals surface area (Å²) in [6, 6.07) is 4.83. The van der Waals surface area contributed by atoms with Crippen molar-refractivity contribution in [2.75, 3.05) is 11.4 Å². The molecule has 0 aromatic heterocycles. The number of alkyl halides is 3. The Morgan fingerprint density at radius 2 is 1.72 bits per heavy atom. The zero-order chi connectivity index (χ0) is 18.4. The van der Waals surface area contributed by atoms with Crippen LogP contribution in [0.3, 0.4) is 0 Å². The molecule has 0 unspecified atom stereocenters. The van der Waals surface area contributed by atoms with E-state index in [0.717, 1.165) is 56.4 Å². The van der Waals surface area contributed by atoms with Crippen LogP contribution in [0, 0.1) is 0 Å². The second-order valence-corrected chi connectivity index (χ2v) is 6.38. The molecule has 2 rings (SSSR count). The Bertz CT molecular complexity index is 609. The zero-order valence-corrected chi connectivity index (χ0v) is 14.2. The predicted molar refractivity (Wildman–Crippen MR) is 89.1 cm³/mol. The first-order chi connectivity index (χ1) is 11.8. The van der Waals surface area contributed by atoms with Crippen molar-refractivity contribution < 1.29 is 22.8 Å². The van der Waals surface area contributed by atoms with Gasteiger partial charge in [-0.2, -0.15) is 13.2 Å². The molecule has 0 aliphatic heterocycles. The van der Waals surface area contributed by atoms with Gasteiger partial charge in [0.15, 0.2) is 0 Å². The van der Waals surface area contributed by atoms with Gasteiger partial charge in [-0.05, 0) is 25.0 Å². The fraction of sp³-hybridized carbons (Fsp3) is 0.556. The van der Waals surface area contributed by atoms with E-state index in [1.165, 1.54) is 18.2 Å². The van der Waals surface area contributed by atoms with Gasteiger partial charge in [0.25, 0.3) is 0 Å². The fourth-order valence-electron chi connectivity index (χ4n) is 3.16. The van der Waals surface area contributed by atoms with Crippen molar-refractivity contribution in [3.05, 3.63) is 29.8 Å². The molecule has 1 aliphatic carbocycles. The van der Waals surface area contributed by atoms with Crippen LogP contribution in [-0.2, 0) is 15.8 Å². The lowest BCUT2D eigenvalue weighted by molar-refractivity contribution is -0.137. The number of carbonyl (C=O) groups is 2. The summed E-state index contributed by atoms with van der Waals surface area (Å²) in [6.45, 7) is 0.741. The van der Waals surface area contributed by atoms with Crippen molar-refractivity contribution in [3.63, 3.8) is 0 Å². The maximum Gasteiger partial charge on any atom is 0.418 e. The summed E-state index contributed by atoms with van der Waals surface area (Å²) in [5.74, 6) is -1.04. The highest BCUT2D eigenvalue weighted by Crippen LogP contribution is 2.36. The highest BCUT2D eigenvalue weighted by atomic mass is 19.4. The largest absolute Gasteiger partial charge is 0.418 e. The van der Waals surface area contributed by atoms with Gasteiger partial charge < -0.3 is 10.2 Å². The summed E-state index contributed by atoms with van der Waals surface area (Å²) in [5, 5.41) is 2.86. The molecule has 25 heavy (non-hydrogen) atoms. The standard InChI is InChI=1S/C18H23F3N2O2/c1-13(24)23(16-11-7-6-10-15(16)18(19,20)21)12-17(25)22-14-8-4-2-3-5-9-14/h6-7,10-11,14H,2-5,8-9,12H2,1H3,(H,22,25). The molecule has 7 heteroatoms. The molecule has 0 saturated heterocycles. The molecule has 1 aromatic carbocycles. The van der Waals surface area contributed by atoms with E-state index in [0.29, 0.717) is 0 Å². The van der Waals surface area contributed by atoms with Gasteiger partial charge in [0, 0.05) is 13.0 Å². The van der Waals surface area contributed by atoms with Crippen LogP contribution in [0.25, 0.3) is 0 Å². The third-order valence-corrected chi connectivity index (χ3v) is 4.40. The second kappa shape index (κ2) is 8.36. The molecule has 1 aliphatic rings. The van der Waals surface area contributed by atoms with E-state index in [2.05, 4.69) is 5.32 Å². The first-order valence-electron chi connectivity index (χ1n) is 8.52. The average Bonchev–Trinajstić information content (AvgIpc) is 2.80. The minimum absolute atomic E-state index is 0.0293. The molecule has 1 fully saturated rings. The number of hydrogen-bond acceptors (Lipinski definition) is 2. The topological polar surface area (TPSA) is 49.4 Å². The van der Waals surface area contributed by atoms with Crippen LogP contribution in [0.2, 0.25) is 0 Å². The molecular formula is C18H23F3N2O2. The normalized spacial score (nSPS) is 16.2. The van der Waals surface area contributed by atoms with Crippen molar-refractivity contribution in [2.24, 2.45) is 0 Å². The van der Waals surface area contributed by atoms with E-state index < -0.39 is 30.1 Å². The smallest absolute Gasteiger partial charge is 0.352 e. The Morgan fingerprint density at radius 3 is 2.28 bits per heavy atom. The van der Waals surface area contributed by atoms with Crippen LogP contribution in [0.5, 0.6) is 0 Å². The Labute approximate surface area is 145 Å². The number of amides is 2. The molecular weight excluding hydrogens is 333 g/mol. The lowest BCUT2D eigenvalue weighted by atomic mass is 10.1. The van der Waals surface area contributed by atoms with Crippen molar-refractivity contribution in [3.8, 4) is 0 Å². The SMILES string of the molecule is CC(=O)N(CC(=O)NC1CCCCCC1)c1ccccc1C(F)(F)F. The van der Waals surface area contributed by atoms with E-state index in [9.17, 15) is 22.8 Å². The molecule has 0 radical (unpaired) electrons. The van der Waals surface area contributed by atoms with Gasteiger partial charge in [0.05, 0.1) is 11.3 Å². The summed E-state index contributed by atoms with van der Waals surface area (Å²) < 4.78 is 39.6. The number of nitrogens with one attached hydrogen (secondary N) is 1. The highest BCUT2D eigenvalue weighted by molar-refractivity contribution is 5.98. The molecule has 2 amide bonds. The van der Waals surface area contributed by atoms with E-state index in [-0.39, 0.29) is 11.7 Å². The maximum atomic E-state index is 13.2. The molecule has 0 spiro atoms. The summed E-state index contributed by atoms with van der Waals surface area (Å²) in [7, 11) is 0. The van der Waals surface area contributed by atoms with E-state index in [4.69, 9.17) is 0 Å². The van der Waals surface area contributed by atoms with Crippen LogP contribution in [-0.4, -0.2) is 24.4 Å². The van der Waals surface area contributed by atoms with E-state index in [1.807, 2.05) is 0 Å². The van der Waals surface area contributed by atoms with Gasteiger partial charge in [-0.3, -0.25) is 9.59 Å². The van der Waals surface area contributed by atoms with Crippen LogP contribution in [0.4, 0.5) is 18.9 Å². The Balaban J connectivity index is 2.14. The molecule has 1 aromatic rings. The van der Waals surface area contributed by atoms with Gasteiger partial charge >= 0.3 is 6.18 Å².